The van der Waals surface area contributed by atoms with Crippen molar-refractivity contribution in [3.05, 3.63) is 42.2 Å². The van der Waals surface area contributed by atoms with E-state index in [4.69, 9.17) is 9.52 Å². The van der Waals surface area contributed by atoms with Gasteiger partial charge >= 0.3 is 5.97 Å². The van der Waals surface area contributed by atoms with Crippen LogP contribution in [0.4, 0.5) is 11.4 Å². The number of carboxylic acids is 1. The third kappa shape index (κ3) is 2.02. The van der Waals surface area contributed by atoms with Gasteiger partial charge in [-0.05, 0) is 36.0 Å². The van der Waals surface area contributed by atoms with Gasteiger partial charge in [0.05, 0.1) is 11.4 Å². The second-order valence-electron chi connectivity index (χ2n) is 3.76. The number of carbonyl (C=O) groups is 1. The van der Waals surface area contributed by atoms with Gasteiger partial charge in [-0.15, -0.1) is 0 Å². The van der Waals surface area contributed by atoms with Crippen molar-refractivity contribution in [2.45, 2.75) is 10.6 Å². The van der Waals surface area contributed by atoms with Crippen LogP contribution in [0.5, 0.6) is 0 Å². The Morgan fingerprint density at radius 3 is 2.39 bits per heavy atom. The molecule has 1 aromatic heterocycles. The van der Waals surface area contributed by atoms with Crippen LogP contribution < -0.4 is 10.6 Å². The zero-order valence-corrected chi connectivity index (χ0v) is 10.0. The zero-order valence-electron chi connectivity index (χ0n) is 9.21. The highest BCUT2D eigenvalue weighted by Gasteiger charge is 2.21. The Kier molecular flexibility index (Phi) is 2.64. The molecule has 1 aromatic carbocycles. The largest absolute Gasteiger partial charge is 0.475 e. The zero-order chi connectivity index (χ0) is 12.5. The molecule has 0 aliphatic carbocycles. The van der Waals surface area contributed by atoms with Crippen molar-refractivity contribution in [3.63, 3.8) is 0 Å². The molecule has 0 amide bonds. The summed E-state index contributed by atoms with van der Waals surface area (Å²) in [5.74, 6) is -1.11. The lowest BCUT2D eigenvalue weighted by Crippen LogP contribution is -2.16. The van der Waals surface area contributed by atoms with Gasteiger partial charge in [0, 0.05) is 0 Å². The fourth-order valence-corrected chi connectivity index (χ4v) is 2.62. The van der Waals surface area contributed by atoms with Gasteiger partial charge in [0.2, 0.25) is 5.76 Å². The Morgan fingerprint density at radius 1 is 1.17 bits per heavy atom. The number of nitrogens with one attached hydrogen (secondary N) is 2. The highest BCUT2D eigenvalue weighted by molar-refractivity contribution is 8.00. The van der Waals surface area contributed by atoms with E-state index in [1.807, 2.05) is 24.3 Å². The van der Waals surface area contributed by atoms with Crippen molar-refractivity contribution in [1.82, 2.24) is 0 Å². The van der Waals surface area contributed by atoms with E-state index in [0.717, 1.165) is 11.4 Å². The third-order valence-electron chi connectivity index (χ3n) is 2.53. The molecule has 0 fully saturated rings. The maximum absolute atomic E-state index is 10.7. The van der Waals surface area contributed by atoms with Gasteiger partial charge in [0.25, 0.3) is 0 Å². The summed E-state index contributed by atoms with van der Waals surface area (Å²) in [5, 5.41) is 15.9. The highest BCUT2D eigenvalue weighted by Crippen LogP contribution is 2.35. The molecular weight excluding hydrogens is 252 g/mol. The van der Waals surface area contributed by atoms with Crippen LogP contribution in [0.3, 0.4) is 0 Å². The minimum Gasteiger partial charge on any atom is -0.475 e. The predicted molar refractivity (Wildman–Crippen MR) is 69.0 cm³/mol. The molecule has 3 rings (SSSR count). The molecule has 2 aromatic rings. The van der Waals surface area contributed by atoms with Crippen molar-refractivity contribution in [1.29, 1.82) is 0 Å². The first-order chi connectivity index (χ1) is 8.72. The summed E-state index contributed by atoms with van der Waals surface area (Å²) in [4.78, 5) is 10.7. The minimum atomic E-state index is -1.06. The molecule has 0 bridgehead atoms. The number of carboxylic acid groups (broad SMARTS) is 1. The van der Waals surface area contributed by atoms with E-state index in [-0.39, 0.29) is 11.3 Å². The first-order valence-corrected chi connectivity index (χ1v) is 6.22. The van der Waals surface area contributed by atoms with Crippen LogP contribution in [0.1, 0.15) is 10.6 Å². The summed E-state index contributed by atoms with van der Waals surface area (Å²) in [7, 11) is 0. The Bertz CT molecular complexity index is 572. The molecule has 92 valence electrons. The number of anilines is 2. The van der Waals surface area contributed by atoms with Crippen molar-refractivity contribution < 1.29 is 14.3 Å². The molecule has 1 aliphatic rings. The molecule has 2 heterocycles. The van der Waals surface area contributed by atoms with Gasteiger partial charge in [-0.3, -0.25) is 0 Å². The monoisotopic (exact) mass is 262 g/mol. The SMILES string of the molecule is O=C(O)c1ccc(SC2Nc3ccccc3N2)o1. The van der Waals surface area contributed by atoms with Crippen molar-refractivity contribution >= 4 is 29.1 Å². The number of thioether (sulfide) groups is 1. The number of rotatable bonds is 3. The molecule has 0 saturated carbocycles. The summed E-state index contributed by atoms with van der Waals surface area (Å²) >= 11 is 1.39. The van der Waals surface area contributed by atoms with E-state index in [1.54, 1.807) is 6.07 Å². The maximum Gasteiger partial charge on any atom is 0.371 e. The van der Waals surface area contributed by atoms with Gasteiger partial charge in [-0.25, -0.2) is 4.79 Å². The minimum absolute atomic E-state index is 0.0481. The fraction of sp³-hybridized carbons (Fsp3) is 0.0833. The van der Waals surface area contributed by atoms with Crippen molar-refractivity contribution in [2.24, 2.45) is 0 Å². The number of benzene rings is 1. The number of aromatic carboxylic acids is 1. The van der Waals surface area contributed by atoms with E-state index in [2.05, 4.69) is 10.6 Å². The van der Waals surface area contributed by atoms with Gasteiger partial charge in [-0.1, -0.05) is 12.1 Å². The smallest absolute Gasteiger partial charge is 0.371 e. The van der Waals surface area contributed by atoms with E-state index in [1.165, 1.54) is 17.8 Å². The first-order valence-electron chi connectivity index (χ1n) is 5.34. The standard InChI is InChI=1S/C12H10N2O3S/c15-11(16)9-5-6-10(17-9)18-12-13-7-3-1-2-4-8(7)14-12/h1-6,12-14H,(H,15,16). The molecule has 0 radical (unpaired) electrons. The molecule has 0 atom stereocenters. The first kappa shape index (κ1) is 11.0. The van der Waals surface area contributed by atoms with E-state index >= 15 is 0 Å². The number of para-hydroxylation sites is 2. The third-order valence-corrected chi connectivity index (χ3v) is 3.45. The molecule has 5 nitrogen and oxygen atoms in total. The molecule has 0 saturated heterocycles. The summed E-state index contributed by atoms with van der Waals surface area (Å²) < 4.78 is 5.19. The summed E-state index contributed by atoms with van der Waals surface area (Å²) in [6.45, 7) is 0. The van der Waals surface area contributed by atoms with E-state index in [0.29, 0.717) is 5.09 Å². The number of fused-ring (bicyclic) bond motifs is 1. The molecule has 0 unspecified atom stereocenters. The molecule has 3 N–H and O–H groups in total. The van der Waals surface area contributed by atoms with Crippen LogP contribution in [-0.2, 0) is 0 Å². The molecule has 18 heavy (non-hydrogen) atoms. The fourth-order valence-electron chi connectivity index (χ4n) is 1.73. The Labute approximate surface area is 107 Å². The average molecular weight is 262 g/mol. The summed E-state index contributed by atoms with van der Waals surface area (Å²) in [6.07, 6.45) is 0. The normalized spacial score (nSPS) is 13.8. The van der Waals surface area contributed by atoms with Gasteiger partial charge in [-0.2, -0.15) is 0 Å². The Balaban J connectivity index is 1.70. The summed E-state index contributed by atoms with van der Waals surface area (Å²) in [5.41, 5.74) is 2.00. The van der Waals surface area contributed by atoms with Crippen LogP contribution in [0.2, 0.25) is 0 Å². The van der Waals surface area contributed by atoms with Gasteiger partial charge in [0.15, 0.2) is 10.6 Å². The predicted octanol–water partition coefficient (Wildman–Crippen LogP) is 2.89. The summed E-state index contributed by atoms with van der Waals surface area (Å²) in [6, 6.07) is 11.0. The lowest BCUT2D eigenvalue weighted by molar-refractivity contribution is 0.0656. The lowest BCUT2D eigenvalue weighted by atomic mass is 10.3. The number of hydrogen-bond donors (Lipinski definition) is 3. The van der Waals surface area contributed by atoms with Crippen molar-refractivity contribution in [3.8, 4) is 0 Å². The second-order valence-corrected chi connectivity index (χ2v) is 4.87. The van der Waals surface area contributed by atoms with Gasteiger partial charge < -0.3 is 20.2 Å². The topological polar surface area (TPSA) is 74.5 Å². The van der Waals surface area contributed by atoms with Crippen molar-refractivity contribution in [2.75, 3.05) is 10.6 Å². The van der Waals surface area contributed by atoms with Crippen LogP contribution in [0.25, 0.3) is 0 Å². The van der Waals surface area contributed by atoms with Crippen LogP contribution in [0.15, 0.2) is 45.9 Å². The number of furan rings is 1. The Hall–Kier alpha value is -2.08. The lowest BCUT2D eigenvalue weighted by Gasteiger charge is -2.09. The number of hydrogen-bond acceptors (Lipinski definition) is 5. The van der Waals surface area contributed by atoms with Crippen LogP contribution >= 0.6 is 11.8 Å². The quantitative estimate of drug-likeness (QED) is 0.789. The average Bonchev–Trinajstić information content (AvgIpc) is 2.94. The second kappa shape index (κ2) is 4.30. The van der Waals surface area contributed by atoms with Crippen LogP contribution in [-0.4, -0.2) is 16.6 Å². The van der Waals surface area contributed by atoms with E-state index < -0.39 is 5.97 Å². The molecule has 0 spiro atoms. The maximum atomic E-state index is 10.7. The van der Waals surface area contributed by atoms with Crippen LogP contribution in [0, 0.1) is 0 Å². The Morgan fingerprint density at radius 2 is 1.83 bits per heavy atom. The molecule has 6 heteroatoms. The highest BCUT2D eigenvalue weighted by atomic mass is 32.2. The molecular formula is C12H10N2O3S. The molecule has 1 aliphatic heterocycles. The van der Waals surface area contributed by atoms with E-state index in [9.17, 15) is 4.79 Å². The van der Waals surface area contributed by atoms with Gasteiger partial charge in [0.1, 0.15) is 0 Å².